The van der Waals surface area contributed by atoms with Crippen LogP contribution in [0.1, 0.15) is 0 Å². The normalized spacial score (nSPS) is 13.8. The summed E-state index contributed by atoms with van der Waals surface area (Å²) in [6.45, 7) is 0. The molecule has 0 aromatic heterocycles. The van der Waals surface area contributed by atoms with Gasteiger partial charge in [0.25, 0.3) is 0 Å². The Hall–Kier alpha value is 2.44. The Bertz CT molecular complexity index is 98.3. The average Bonchev–Trinajstić information content (AvgIpc) is 1.88. The van der Waals surface area contributed by atoms with E-state index in [2.05, 4.69) is 0 Å². The first-order chi connectivity index (χ1) is 4.37. The summed E-state index contributed by atoms with van der Waals surface area (Å²) >= 11 is 22.2. The molecule has 0 atom stereocenters. The molecule has 0 radical (unpaired) electrons. The third-order valence-corrected chi connectivity index (χ3v) is 6.89. The van der Waals surface area contributed by atoms with Crippen molar-refractivity contribution in [2.75, 3.05) is 0 Å². The van der Waals surface area contributed by atoms with Crippen molar-refractivity contribution < 1.29 is 0 Å². The summed E-state index contributed by atoms with van der Waals surface area (Å²) in [4.78, 5) is 0. The summed E-state index contributed by atoms with van der Waals surface area (Å²) in [5.74, 6) is 0. The number of halogens is 6. The highest BCUT2D eigenvalue weighted by Gasteiger charge is 2.48. The summed E-state index contributed by atoms with van der Waals surface area (Å²) in [7, 11) is 11.7. The number of hydrogen-bond acceptors (Lipinski definition) is 2. The van der Waals surface area contributed by atoms with Gasteiger partial charge in [0.2, 0.25) is 7.33 Å². The smallest absolute Gasteiger partial charge is 0.0836 e. The molecular weight excluding hydrogens is 301 g/mol. The summed E-state index contributed by atoms with van der Waals surface area (Å²) < 4.78 is -3.05. The molecule has 0 aromatic rings. The molecule has 0 aliphatic rings. The van der Waals surface area contributed by atoms with Gasteiger partial charge in [-0.15, -0.1) is 0 Å². The standard InChI is InChI=1S/C2Cl6S2/c3-1(4,9-7)2(5,6)10-8. The molecule has 0 aliphatic carbocycles. The average molecular weight is 301 g/mol. The molecule has 0 saturated heterocycles. The summed E-state index contributed by atoms with van der Waals surface area (Å²) in [6, 6.07) is 0. The molecular formula is C2Cl6S2. The number of alkyl halides is 4. The fourth-order valence-corrected chi connectivity index (χ4v) is 2.43. The van der Waals surface area contributed by atoms with E-state index in [1.54, 1.807) is 0 Å². The van der Waals surface area contributed by atoms with E-state index in [9.17, 15) is 0 Å². The second kappa shape index (κ2) is 4.61. The lowest BCUT2D eigenvalue weighted by Gasteiger charge is -2.26. The van der Waals surface area contributed by atoms with E-state index >= 15 is 0 Å². The van der Waals surface area contributed by atoms with Crippen LogP contribution in [0.15, 0.2) is 0 Å². The Balaban J connectivity index is 4.28. The third kappa shape index (κ3) is 3.06. The predicted octanol–water partition coefficient (Wildman–Crippen LogP) is 5.02. The summed E-state index contributed by atoms with van der Waals surface area (Å²) in [5, 5.41) is 0. The fourth-order valence-electron chi connectivity index (χ4n) is 0.0898. The van der Waals surface area contributed by atoms with E-state index in [-0.39, 0.29) is 0 Å². The van der Waals surface area contributed by atoms with Crippen LogP contribution in [0.5, 0.6) is 0 Å². The van der Waals surface area contributed by atoms with Gasteiger partial charge in [0, 0.05) is 0 Å². The first-order valence-electron chi connectivity index (χ1n) is 1.72. The van der Waals surface area contributed by atoms with Gasteiger partial charge < -0.3 is 0 Å². The van der Waals surface area contributed by atoms with Gasteiger partial charge >= 0.3 is 0 Å². The van der Waals surface area contributed by atoms with Crippen LogP contribution >= 0.6 is 89.7 Å². The van der Waals surface area contributed by atoms with Crippen molar-refractivity contribution in [2.45, 2.75) is 7.33 Å². The molecule has 0 unspecified atom stereocenters. The predicted molar refractivity (Wildman–Crippen MR) is 55.8 cm³/mol. The van der Waals surface area contributed by atoms with Gasteiger partial charge in [0.1, 0.15) is 0 Å². The van der Waals surface area contributed by atoms with Gasteiger partial charge in [0.05, 0.1) is 0 Å². The fraction of sp³-hybridized carbons (Fsp3) is 1.00. The lowest BCUT2D eigenvalue weighted by molar-refractivity contribution is 1.15. The van der Waals surface area contributed by atoms with E-state index in [0.717, 1.165) is 0 Å². The molecule has 0 saturated carbocycles. The molecule has 8 heteroatoms. The second-order valence-electron chi connectivity index (χ2n) is 1.19. The zero-order valence-corrected chi connectivity index (χ0v) is 10.3. The number of hydrogen-bond donors (Lipinski definition) is 0. The molecule has 0 bridgehead atoms. The molecule has 0 fully saturated rings. The molecule has 62 valence electrons. The zero-order valence-electron chi connectivity index (χ0n) is 4.08. The highest BCUT2D eigenvalue weighted by molar-refractivity contribution is 8.28. The van der Waals surface area contributed by atoms with Gasteiger partial charge in [0.15, 0.2) is 0 Å². The lowest BCUT2D eigenvalue weighted by Crippen LogP contribution is -2.27. The Labute approximate surface area is 96.2 Å². The van der Waals surface area contributed by atoms with Crippen molar-refractivity contribution in [3.8, 4) is 0 Å². The minimum absolute atomic E-state index is 0.593. The van der Waals surface area contributed by atoms with Gasteiger partial charge in [-0.3, -0.25) is 0 Å². The lowest BCUT2D eigenvalue weighted by atomic mass is 10.9. The summed E-state index contributed by atoms with van der Waals surface area (Å²) in [6.07, 6.45) is 0. The molecule has 0 heterocycles. The van der Waals surface area contributed by atoms with Crippen LogP contribution in [0.25, 0.3) is 0 Å². The van der Waals surface area contributed by atoms with Crippen LogP contribution < -0.4 is 0 Å². The molecule has 0 aliphatic heterocycles. The molecule has 0 aromatic carbocycles. The molecule has 0 amide bonds. The maximum absolute atomic E-state index is 5.54. The molecule has 0 nitrogen and oxygen atoms in total. The largest absolute Gasteiger partial charge is 0.220 e. The SMILES string of the molecule is ClSC(Cl)(Cl)C(Cl)(Cl)SCl. The van der Waals surface area contributed by atoms with Gasteiger partial charge in [-0.2, -0.15) is 0 Å². The monoisotopic (exact) mass is 298 g/mol. The van der Waals surface area contributed by atoms with E-state index in [0.29, 0.717) is 22.0 Å². The van der Waals surface area contributed by atoms with Crippen molar-refractivity contribution in [3.05, 3.63) is 0 Å². The third-order valence-electron chi connectivity index (χ3n) is 0.533. The first kappa shape index (κ1) is 12.4. The molecule has 0 N–H and O–H groups in total. The second-order valence-corrected chi connectivity index (χ2v) is 7.20. The Morgan fingerprint density at radius 1 is 0.700 bits per heavy atom. The van der Waals surface area contributed by atoms with E-state index in [4.69, 9.17) is 67.8 Å². The highest BCUT2D eigenvalue weighted by atomic mass is 35.7. The molecule has 0 rings (SSSR count). The minimum atomic E-state index is -1.52. The Morgan fingerprint density at radius 3 is 1.00 bits per heavy atom. The topological polar surface area (TPSA) is 0 Å². The molecule has 10 heavy (non-hydrogen) atoms. The van der Waals surface area contributed by atoms with Crippen molar-refractivity contribution in [2.24, 2.45) is 0 Å². The quantitative estimate of drug-likeness (QED) is 0.671. The van der Waals surface area contributed by atoms with Gasteiger partial charge in [-0.1, -0.05) is 46.4 Å². The minimum Gasteiger partial charge on any atom is -0.0836 e. The van der Waals surface area contributed by atoms with Gasteiger partial charge in [-0.05, 0) is 43.3 Å². The van der Waals surface area contributed by atoms with Crippen LogP contribution in [-0.4, -0.2) is 7.33 Å². The number of rotatable bonds is 3. The van der Waals surface area contributed by atoms with E-state index in [1.807, 2.05) is 0 Å². The zero-order chi connectivity index (χ0) is 8.41. The van der Waals surface area contributed by atoms with Crippen molar-refractivity contribution in [1.82, 2.24) is 0 Å². The van der Waals surface area contributed by atoms with Crippen LogP contribution in [-0.2, 0) is 0 Å². The Morgan fingerprint density at radius 2 is 0.900 bits per heavy atom. The maximum Gasteiger partial charge on any atom is 0.220 e. The molecule has 0 spiro atoms. The van der Waals surface area contributed by atoms with Crippen LogP contribution in [0.4, 0.5) is 0 Å². The van der Waals surface area contributed by atoms with Crippen LogP contribution in [0, 0.1) is 0 Å². The van der Waals surface area contributed by atoms with Gasteiger partial charge in [-0.25, -0.2) is 0 Å². The van der Waals surface area contributed by atoms with E-state index in [1.165, 1.54) is 0 Å². The van der Waals surface area contributed by atoms with Crippen molar-refractivity contribution in [1.29, 1.82) is 0 Å². The van der Waals surface area contributed by atoms with Crippen molar-refractivity contribution >= 4 is 89.7 Å². The Kier molecular flexibility index (Phi) is 5.74. The van der Waals surface area contributed by atoms with E-state index < -0.39 is 7.33 Å². The maximum atomic E-state index is 5.54. The first-order valence-corrected chi connectivity index (χ1v) is 6.52. The highest BCUT2D eigenvalue weighted by Crippen LogP contribution is 2.58. The van der Waals surface area contributed by atoms with Crippen LogP contribution in [0.3, 0.4) is 0 Å². The summed E-state index contributed by atoms with van der Waals surface area (Å²) in [5.41, 5.74) is 0. The van der Waals surface area contributed by atoms with Crippen LogP contribution in [0.2, 0.25) is 0 Å². The van der Waals surface area contributed by atoms with Crippen molar-refractivity contribution in [3.63, 3.8) is 0 Å².